The molecule has 3 heterocycles. The summed E-state index contributed by atoms with van der Waals surface area (Å²) >= 11 is 10.6. The Morgan fingerprint density at radius 2 is 2.14 bits per heavy atom. The van der Waals surface area contributed by atoms with Crippen molar-refractivity contribution in [3.63, 3.8) is 0 Å². The number of hydrogen-bond acceptors (Lipinski definition) is 8. The number of anilines is 1. The van der Waals surface area contributed by atoms with Gasteiger partial charge in [-0.05, 0) is 36.6 Å². The molecule has 0 fully saturated rings. The van der Waals surface area contributed by atoms with Crippen molar-refractivity contribution in [3.05, 3.63) is 63.1 Å². The second-order valence-electron chi connectivity index (χ2n) is 5.61. The second kappa shape index (κ2) is 8.39. The summed E-state index contributed by atoms with van der Waals surface area (Å²) in [4.78, 5) is 13.8. The van der Waals surface area contributed by atoms with Gasteiger partial charge in [-0.25, -0.2) is 4.68 Å². The molecule has 7 nitrogen and oxygen atoms in total. The molecule has 1 aromatic carbocycles. The summed E-state index contributed by atoms with van der Waals surface area (Å²) in [6.07, 6.45) is 0. The normalized spacial score (nSPS) is 10.9. The van der Waals surface area contributed by atoms with Gasteiger partial charge in [-0.2, -0.15) is 0 Å². The van der Waals surface area contributed by atoms with E-state index in [1.165, 1.54) is 16.2 Å². The Hall–Kier alpha value is -2.27. The molecule has 0 aliphatic heterocycles. The van der Waals surface area contributed by atoms with Crippen molar-refractivity contribution in [2.24, 2.45) is 0 Å². The lowest BCUT2D eigenvalue weighted by atomic mass is 10.3. The number of carbonyl (C=O) groups is 1. The molecule has 0 atom stereocenters. The average molecular weight is 449 g/mol. The summed E-state index contributed by atoms with van der Waals surface area (Å²) in [5.41, 5.74) is 1.57. The fraction of sp³-hybridized carbons (Fsp3) is 0.118. The first-order valence-electron chi connectivity index (χ1n) is 8.08. The van der Waals surface area contributed by atoms with E-state index >= 15 is 0 Å². The van der Waals surface area contributed by atoms with Gasteiger partial charge >= 0.3 is 0 Å². The number of nitrogens with zero attached hydrogens (tertiary/aromatic N) is 5. The van der Waals surface area contributed by atoms with Crippen LogP contribution in [0.5, 0.6) is 0 Å². The summed E-state index contributed by atoms with van der Waals surface area (Å²) < 4.78 is 2.37. The number of aromatic nitrogens is 5. The van der Waals surface area contributed by atoms with Crippen LogP contribution >= 0.6 is 46.0 Å². The molecule has 0 radical (unpaired) electrons. The number of rotatable bonds is 6. The van der Waals surface area contributed by atoms with E-state index in [1.54, 1.807) is 46.8 Å². The molecule has 0 saturated carbocycles. The molecule has 11 heteroatoms. The van der Waals surface area contributed by atoms with Gasteiger partial charge in [0.05, 0.1) is 11.4 Å². The van der Waals surface area contributed by atoms with Crippen molar-refractivity contribution in [2.45, 2.75) is 17.0 Å². The third kappa shape index (κ3) is 4.25. The van der Waals surface area contributed by atoms with E-state index in [0.29, 0.717) is 15.8 Å². The quantitative estimate of drug-likeness (QED) is 0.340. The molecule has 0 aliphatic rings. The number of benzene rings is 1. The Kier molecular flexibility index (Phi) is 5.72. The fourth-order valence-electron chi connectivity index (χ4n) is 2.39. The fourth-order valence-corrected chi connectivity index (χ4v) is 5.10. The van der Waals surface area contributed by atoms with Crippen molar-refractivity contribution in [3.8, 4) is 5.69 Å². The summed E-state index contributed by atoms with van der Waals surface area (Å²) in [6.45, 7) is 1.78. The highest BCUT2D eigenvalue weighted by molar-refractivity contribution is 8.00. The predicted molar refractivity (Wildman–Crippen MR) is 113 cm³/mol. The van der Waals surface area contributed by atoms with E-state index in [1.807, 2.05) is 23.6 Å². The minimum Gasteiger partial charge on any atom is -0.295 e. The van der Waals surface area contributed by atoms with Gasteiger partial charge in [-0.15, -0.1) is 26.6 Å². The largest absolute Gasteiger partial charge is 0.295 e. The van der Waals surface area contributed by atoms with E-state index in [0.717, 1.165) is 15.8 Å². The van der Waals surface area contributed by atoms with Gasteiger partial charge < -0.3 is 0 Å². The van der Waals surface area contributed by atoms with Gasteiger partial charge in [0.1, 0.15) is 0 Å². The van der Waals surface area contributed by atoms with Gasteiger partial charge in [-0.1, -0.05) is 52.0 Å². The van der Waals surface area contributed by atoms with Crippen LogP contribution in [0, 0.1) is 6.92 Å². The maximum atomic E-state index is 12.6. The number of thiophene rings is 1. The Balaban J connectivity index is 1.44. The Labute approximate surface area is 177 Å². The number of nitrogens with one attached hydrogen (secondary N) is 1. The lowest BCUT2D eigenvalue weighted by molar-refractivity contribution is 0.102. The number of hydrogen-bond donors (Lipinski definition) is 1. The molecule has 4 aromatic rings. The van der Waals surface area contributed by atoms with Crippen LogP contribution in [0.25, 0.3) is 5.69 Å². The van der Waals surface area contributed by atoms with E-state index in [9.17, 15) is 4.79 Å². The molecule has 28 heavy (non-hydrogen) atoms. The molecular weight excluding hydrogens is 436 g/mol. The number of thioether (sulfide) groups is 1. The van der Waals surface area contributed by atoms with Crippen LogP contribution in [0.4, 0.5) is 5.13 Å². The lowest BCUT2D eigenvalue weighted by Crippen LogP contribution is -2.14. The number of amides is 1. The maximum Gasteiger partial charge on any atom is 0.279 e. The zero-order chi connectivity index (χ0) is 19.5. The molecule has 3 aromatic heterocycles. The summed E-state index contributed by atoms with van der Waals surface area (Å²) in [5, 5.41) is 22.0. The first-order chi connectivity index (χ1) is 13.6. The predicted octanol–water partition coefficient (Wildman–Crippen LogP) is 4.69. The molecule has 1 N–H and O–H groups in total. The molecule has 0 spiro atoms. The van der Waals surface area contributed by atoms with Crippen molar-refractivity contribution >= 4 is 57.1 Å². The van der Waals surface area contributed by atoms with Crippen LogP contribution < -0.4 is 5.32 Å². The van der Waals surface area contributed by atoms with Crippen LogP contribution in [-0.2, 0) is 5.75 Å². The molecular formula is C17H13ClN6OS3. The third-order valence-corrected chi connectivity index (χ3v) is 7.02. The van der Waals surface area contributed by atoms with Gasteiger partial charge in [0, 0.05) is 15.7 Å². The number of halogens is 1. The third-order valence-electron chi connectivity index (χ3n) is 3.71. The molecule has 4 rings (SSSR count). The number of carbonyl (C=O) groups excluding carboxylic acids is 1. The minimum atomic E-state index is -0.378. The minimum absolute atomic E-state index is 0.225. The summed E-state index contributed by atoms with van der Waals surface area (Å²) in [6, 6.07) is 11.3. The van der Waals surface area contributed by atoms with Crippen LogP contribution in [0.1, 0.15) is 21.1 Å². The smallest absolute Gasteiger partial charge is 0.279 e. The van der Waals surface area contributed by atoms with Gasteiger partial charge in [-0.3, -0.25) is 10.1 Å². The monoisotopic (exact) mass is 448 g/mol. The van der Waals surface area contributed by atoms with Crippen LogP contribution in [0.2, 0.25) is 5.02 Å². The highest BCUT2D eigenvalue weighted by Crippen LogP contribution is 2.29. The van der Waals surface area contributed by atoms with Crippen molar-refractivity contribution in [1.82, 2.24) is 25.2 Å². The Morgan fingerprint density at radius 3 is 2.93 bits per heavy atom. The molecule has 1 amide bonds. The van der Waals surface area contributed by atoms with Crippen LogP contribution in [0.15, 0.2) is 46.1 Å². The zero-order valence-corrected chi connectivity index (χ0v) is 17.7. The van der Waals surface area contributed by atoms with Gasteiger partial charge in [0.2, 0.25) is 5.13 Å². The first kappa shape index (κ1) is 19.1. The van der Waals surface area contributed by atoms with Crippen LogP contribution in [0.3, 0.4) is 0 Å². The molecule has 0 saturated heterocycles. The van der Waals surface area contributed by atoms with E-state index in [-0.39, 0.29) is 11.6 Å². The Bertz CT molecular complexity index is 1110. The van der Waals surface area contributed by atoms with Crippen molar-refractivity contribution in [2.75, 3.05) is 5.32 Å². The SMILES string of the molecule is Cc1c(C(=O)Nc2nnc(SCc3cccs3)s2)nnn1-c1cccc(Cl)c1. The molecule has 0 aliphatic carbocycles. The van der Waals surface area contributed by atoms with E-state index in [4.69, 9.17) is 11.6 Å². The summed E-state index contributed by atoms with van der Waals surface area (Å²) in [5.74, 6) is 0.449. The Morgan fingerprint density at radius 1 is 1.25 bits per heavy atom. The second-order valence-corrected chi connectivity index (χ2v) is 9.28. The van der Waals surface area contributed by atoms with Gasteiger partial charge in [0.15, 0.2) is 10.0 Å². The van der Waals surface area contributed by atoms with Gasteiger partial charge in [0.25, 0.3) is 5.91 Å². The van der Waals surface area contributed by atoms with Crippen molar-refractivity contribution < 1.29 is 4.79 Å². The highest BCUT2D eigenvalue weighted by Gasteiger charge is 2.19. The van der Waals surface area contributed by atoms with E-state index < -0.39 is 0 Å². The van der Waals surface area contributed by atoms with Crippen molar-refractivity contribution in [1.29, 1.82) is 0 Å². The average Bonchev–Trinajstić information content (AvgIpc) is 3.41. The highest BCUT2D eigenvalue weighted by atomic mass is 35.5. The first-order valence-corrected chi connectivity index (χ1v) is 11.1. The van der Waals surface area contributed by atoms with Crippen LogP contribution in [-0.4, -0.2) is 31.1 Å². The van der Waals surface area contributed by atoms with E-state index in [2.05, 4.69) is 31.9 Å². The zero-order valence-electron chi connectivity index (χ0n) is 14.5. The lowest BCUT2D eigenvalue weighted by Gasteiger charge is -2.04. The molecule has 142 valence electrons. The topological polar surface area (TPSA) is 85.6 Å². The molecule has 0 bridgehead atoms. The summed E-state index contributed by atoms with van der Waals surface area (Å²) in [7, 11) is 0. The standard InChI is InChI=1S/C17H13ClN6OS3/c1-10-14(20-23-24(10)12-5-2-4-11(18)8-12)15(25)19-16-21-22-17(28-16)27-9-13-6-3-7-26-13/h2-8H,9H2,1H3,(H,19,21,25). The maximum absolute atomic E-state index is 12.6. The molecule has 0 unspecified atom stereocenters.